The first kappa shape index (κ1) is 18.3. The second-order valence-electron chi connectivity index (χ2n) is 10.0. The van der Waals surface area contributed by atoms with Crippen molar-refractivity contribution in [1.29, 1.82) is 0 Å². The molecule has 0 aliphatic heterocycles. The van der Waals surface area contributed by atoms with Gasteiger partial charge in [-0.3, -0.25) is 9.59 Å². The first-order valence-electron chi connectivity index (χ1n) is 10.6. The maximum absolute atomic E-state index is 12.2. The number of esters is 1. The van der Waals surface area contributed by atoms with Crippen LogP contribution in [0.2, 0.25) is 0 Å². The van der Waals surface area contributed by atoms with Crippen molar-refractivity contribution in [2.45, 2.75) is 85.2 Å². The summed E-state index contributed by atoms with van der Waals surface area (Å²) in [5, 5.41) is 0. The maximum Gasteiger partial charge on any atom is 0.302 e. The molecule has 0 N–H and O–H groups in total. The standard InChI is InChI=1S/C23H34O3/c1-14(24)19-7-8-20-18-6-5-16-13-17(26-15(2)25)9-11-22(16,3)21(18)10-12-23(19,20)4/h5,17-21H,6-13H2,1-4H3/t17-,18+,19-,20+,21+,22-,23-/m1/s1. The van der Waals surface area contributed by atoms with Crippen molar-refractivity contribution in [2.75, 3.05) is 0 Å². The van der Waals surface area contributed by atoms with Crippen molar-refractivity contribution in [2.24, 2.45) is 34.5 Å². The summed E-state index contributed by atoms with van der Waals surface area (Å²) in [4.78, 5) is 23.6. The van der Waals surface area contributed by atoms with Gasteiger partial charge in [-0.1, -0.05) is 25.5 Å². The highest BCUT2D eigenvalue weighted by molar-refractivity contribution is 5.79. The Labute approximate surface area is 157 Å². The molecular formula is C23H34O3. The van der Waals surface area contributed by atoms with Gasteiger partial charge in [-0.05, 0) is 80.5 Å². The molecule has 3 saturated carbocycles. The quantitative estimate of drug-likeness (QED) is 0.510. The predicted molar refractivity (Wildman–Crippen MR) is 101 cm³/mol. The molecule has 0 unspecified atom stereocenters. The van der Waals surface area contributed by atoms with Gasteiger partial charge in [-0.25, -0.2) is 0 Å². The molecule has 4 aliphatic carbocycles. The zero-order valence-electron chi connectivity index (χ0n) is 16.8. The van der Waals surface area contributed by atoms with Crippen LogP contribution in [0.25, 0.3) is 0 Å². The smallest absolute Gasteiger partial charge is 0.302 e. The zero-order valence-corrected chi connectivity index (χ0v) is 16.8. The van der Waals surface area contributed by atoms with E-state index in [1.807, 2.05) is 0 Å². The number of carbonyl (C=O) groups is 2. The van der Waals surface area contributed by atoms with Gasteiger partial charge in [0.05, 0.1) is 0 Å². The van der Waals surface area contributed by atoms with Gasteiger partial charge in [0.25, 0.3) is 0 Å². The third-order valence-electron chi connectivity index (χ3n) is 8.88. The highest BCUT2D eigenvalue weighted by Gasteiger charge is 2.59. The Morgan fingerprint density at radius 1 is 1.04 bits per heavy atom. The summed E-state index contributed by atoms with van der Waals surface area (Å²) in [5.74, 6) is 2.72. The lowest BCUT2D eigenvalue weighted by Crippen LogP contribution is -2.51. The van der Waals surface area contributed by atoms with Crippen LogP contribution in [0.3, 0.4) is 0 Å². The lowest BCUT2D eigenvalue weighted by Gasteiger charge is -2.58. The van der Waals surface area contributed by atoms with E-state index in [1.54, 1.807) is 12.5 Å². The normalized spacial score (nSPS) is 47.2. The number of rotatable bonds is 2. The van der Waals surface area contributed by atoms with Crippen LogP contribution in [0.15, 0.2) is 11.6 Å². The molecular weight excluding hydrogens is 324 g/mol. The summed E-state index contributed by atoms with van der Waals surface area (Å²) < 4.78 is 5.53. The van der Waals surface area contributed by atoms with Gasteiger partial charge in [-0.2, -0.15) is 0 Å². The molecule has 0 spiro atoms. The summed E-state index contributed by atoms with van der Waals surface area (Å²) in [6.07, 6.45) is 11.6. The van der Waals surface area contributed by atoms with Crippen LogP contribution < -0.4 is 0 Å². The Hall–Kier alpha value is -1.12. The van der Waals surface area contributed by atoms with Crippen molar-refractivity contribution in [1.82, 2.24) is 0 Å². The molecule has 26 heavy (non-hydrogen) atoms. The van der Waals surface area contributed by atoms with Crippen LogP contribution in [0.4, 0.5) is 0 Å². The largest absolute Gasteiger partial charge is 0.462 e. The summed E-state index contributed by atoms with van der Waals surface area (Å²) in [5.41, 5.74) is 2.04. The van der Waals surface area contributed by atoms with E-state index in [1.165, 1.54) is 26.2 Å². The fraction of sp³-hybridized carbons (Fsp3) is 0.826. The molecule has 0 bridgehead atoms. The SMILES string of the molecule is CC(=O)O[C@@H]1CC[C@]2(C)C(=CC[C@H]3[C@@H]4CC[C@H](C(C)=O)[C@@]4(C)CC[C@@H]32)C1. The van der Waals surface area contributed by atoms with Crippen molar-refractivity contribution >= 4 is 11.8 Å². The molecule has 0 saturated heterocycles. The number of allylic oxidation sites excluding steroid dienone is 1. The number of ketones is 1. The topological polar surface area (TPSA) is 43.4 Å². The monoisotopic (exact) mass is 358 g/mol. The fourth-order valence-electron chi connectivity index (χ4n) is 7.63. The minimum absolute atomic E-state index is 0.0748. The average Bonchev–Trinajstić information content (AvgIpc) is 2.92. The molecule has 0 aromatic rings. The molecule has 0 aromatic carbocycles. The van der Waals surface area contributed by atoms with Gasteiger partial charge in [0.15, 0.2) is 0 Å². The fourth-order valence-corrected chi connectivity index (χ4v) is 7.63. The Bertz CT molecular complexity index is 650. The van der Waals surface area contributed by atoms with Crippen LogP contribution in [-0.2, 0) is 14.3 Å². The Morgan fingerprint density at radius 2 is 1.81 bits per heavy atom. The zero-order chi connectivity index (χ0) is 18.7. The molecule has 3 nitrogen and oxygen atoms in total. The Balaban J connectivity index is 1.59. The van der Waals surface area contributed by atoms with Crippen LogP contribution >= 0.6 is 0 Å². The second kappa shape index (κ2) is 6.21. The maximum atomic E-state index is 12.2. The van der Waals surface area contributed by atoms with Crippen molar-refractivity contribution in [3.63, 3.8) is 0 Å². The highest BCUT2D eigenvalue weighted by atomic mass is 16.5. The van der Waals surface area contributed by atoms with E-state index in [0.29, 0.717) is 11.7 Å². The molecule has 0 aromatic heterocycles. The number of ether oxygens (including phenoxy) is 1. The molecule has 3 heteroatoms. The molecule has 0 amide bonds. The van der Waals surface area contributed by atoms with E-state index >= 15 is 0 Å². The number of Topliss-reactive ketones (excluding diaryl/α,β-unsaturated/α-hetero) is 1. The van der Waals surface area contributed by atoms with Gasteiger partial charge in [-0.15, -0.1) is 0 Å². The lowest BCUT2D eigenvalue weighted by atomic mass is 9.47. The van der Waals surface area contributed by atoms with Gasteiger partial charge in [0.2, 0.25) is 0 Å². The summed E-state index contributed by atoms with van der Waals surface area (Å²) in [7, 11) is 0. The van der Waals surface area contributed by atoms with E-state index in [-0.39, 0.29) is 28.8 Å². The minimum atomic E-state index is -0.150. The molecule has 144 valence electrons. The van der Waals surface area contributed by atoms with E-state index in [0.717, 1.165) is 43.9 Å². The van der Waals surface area contributed by atoms with Crippen molar-refractivity contribution < 1.29 is 14.3 Å². The van der Waals surface area contributed by atoms with E-state index in [9.17, 15) is 9.59 Å². The molecule has 0 radical (unpaired) electrons. The van der Waals surface area contributed by atoms with Gasteiger partial charge in [0, 0.05) is 19.3 Å². The Morgan fingerprint density at radius 3 is 2.50 bits per heavy atom. The predicted octanol–water partition coefficient (Wildman–Crippen LogP) is 5.09. The van der Waals surface area contributed by atoms with E-state index in [2.05, 4.69) is 19.9 Å². The first-order chi connectivity index (χ1) is 12.3. The minimum Gasteiger partial charge on any atom is -0.462 e. The van der Waals surface area contributed by atoms with Gasteiger partial charge < -0.3 is 4.74 Å². The summed E-state index contributed by atoms with van der Waals surface area (Å²) in [6.45, 7) is 8.21. The van der Waals surface area contributed by atoms with Crippen LogP contribution in [0, 0.1) is 34.5 Å². The number of hydrogen-bond acceptors (Lipinski definition) is 3. The Kier molecular flexibility index (Phi) is 4.36. The molecule has 7 atom stereocenters. The third kappa shape index (κ3) is 2.60. The lowest BCUT2D eigenvalue weighted by molar-refractivity contribution is -0.149. The van der Waals surface area contributed by atoms with E-state index < -0.39 is 0 Å². The van der Waals surface area contributed by atoms with Crippen molar-refractivity contribution in [3.05, 3.63) is 11.6 Å². The average molecular weight is 359 g/mol. The molecule has 4 aliphatic rings. The molecule has 0 heterocycles. The van der Waals surface area contributed by atoms with Gasteiger partial charge in [0.1, 0.15) is 11.9 Å². The number of fused-ring (bicyclic) bond motifs is 5. The van der Waals surface area contributed by atoms with Crippen LogP contribution in [-0.4, -0.2) is 17.9 Å². The highest BCUT2D eigenvalue weighted by Crippen LogP contribution is 2.66. The number of hydrogen-bond donors (Lipinski definition) is 0. The molecule has 3 fully saturated rings. The number of carbonyl (C=O) groups excluding carboxylic acids is 2. The second-order valence-corrected chi connectivity index (χ2v) is 10.0. The first-order valence-corrected chi connectivity index (χ1v) is 10.6. The summed E-state index contributed by atoms with van der Waals surface area (Å²) in [6, 6.07) is 0. The van der Waals surface area contributed by atoms with Gasteiger partial charge >= 0.3 is 5.97 Å². The molecule has 4 rings (SSSR count). The summed E-state index contributed by atoms with van der Waals surface area (Å²) >= 11 is 0. The van der Waals surface area contributed by atoms with Crippen molar-refractivity contribution in [3.8, 4) is 0 Å². The van der Waals surface area contributed by atoms with Crippen LogP contribution in [0.1, 0.15) is 79.1 Å². The van der Waals surface area contributed by atoms with Crippen LogP contribution in [0.5, 0.6) is 0 Å². The third-order valence-corrected chi connectivity index (χ3v) is 8.88. The van der Waals surface area contributed by atoms with E-state index in [4.69, 9.17) is 4.74 Å².